The van der Waals surface area contributed by atoms with E-state index < -0.39 is 42.2 Å². The quantitative estimate of drug-likeness (QED) is 0.641. The fourth-order valence-corrected chi connectivity index (χ4v) is 4.27. The van der Waals surface area contributed by atoms with Crippen LogP contribution in [0.4, 0.5) is 22.4 Å². The second-order valence-corrected chi connectivity index (χ2v) is 9.43. The number of alkyl halides is 3. The number of fused-ring (bicyclic) bond motifs is 1. The first-order chi connectivity index (χ1) is 15.3. The Hall–Kier alpha value is -2.92. The molecule has 0 aliphatic carbocycles. The van der Waals surface area contributed by atoms with Crippen molar-refractivity contribution >= 4 is 22.9 Å². The van der Waals surface area contributed by atoms with Crippen LogP contribution >= 0.6 is 0 Å². The first kappa shape index (κ1) is 23.2. The summed E-state index contributed by atoms with van der Waals surface area (Å²) in [6.07, 6.45) is -2.53. The highest BCUT2D eigenvalue weighted by atomic mass is 19.4. The number of halogens is 4. The fraction of sp³-hybridized carbons (Fsp3) is 0.619. The summed E-state index contributed by atoms with van der Waals surface area (Å²) < 4.78 is 61.0. The zero-order valence-electron chi connectivity index (χ0n) is 18.5. The lowest BCUT2D eigenvalue weighted by Gasteiger charge is -2.39. The van der Waals surface area contributed by atoms with Crippen LogP contribution < -0.4 is 0 Å². The third-order valence-corrected chi connectivity index (χ3v) is 5.80. The normalized spacial score (nSPS) is 19.8. The Labute approximate surface area is 187 Å². The number of rotatable bonds is 3. The summed E-state index contributed by atoms with van der Waals surface area (Å²) in [6.45, 7) is 5.30. The van der Waals surface area contributed by atoms with E-state index >= 15 is 0 Å². The topological polar surface area (TPSA) is 80.6 Å². The Kier molecular flexibility index (Phi) is 5.73. The predicted molar refractivity (Wildman–Crippen MR) is 109 cm³/mol. The van der Waals surface area contributed by atoms with Crippen molar-refractivity contribution < 1.29 is 31.9 Å². The van der Waals surface area contributed by atoms with Crippen LogP contribution in [-0.2, 0) is 16.1 Å². The molecule has 180 valence electrons. The maximum absolute atomic E-state index is 14.7. The van der Waals surface area contributed by atoms with Gasteiger partial charge in [-0.15, -0.1) is 0 Å². The minimum absolute atomic E-state index is 0.00908. The van der Waals surface area contributed by atoms with E-state index in [1.54, 1.807) is 20.8 Å². The monoisotopic (exact) mass is 471 g/mol. The van der Waals surface area contributed by atoms with Crippen LogP contribution in [0, 0.1) is 5.82 Å². The number of ether oxygens (including phenoxy) is 1. The van der Waals surface area contributed by atoms with E-state index in [9.17, 15) is 27.2 Å². The van der Waals surface area contributed by atoms with Gasteiger partial charge in [-0.2, -0.15) is 18.3 Å². The summed E-state index contributed by atoms with van der Waals surface area (Å²) in [6, 6.07) is -1.82. The highest BCUT2D eigenvalue weighted by molar-refractivity contribution is 5.85. The van der Waals surface area contributed by atoms with E-state index in [0.717, 1.165) is 11.1 Å². The lowest BCUT2D eigenvalue weighted by molar-refractivity contribution is -0.183. The van der Waals surface area contributed by atoms with Crippen LogP contribution in [-0.4, -0.2) is 74.0 Å². The van der Waals surface area contributed by atoms with Crippen molar-refractivity contribution in [3.8, 4) is 0 Å². The van der Waals surface area contributed by atoms with Gasteiger partial charge in [-0.1, -0.05) is 0 Å². The molecule has 1 atom stereocenters. The summed E-state index contributed by atoms with van der Waals surface area (Å²) in [5.41, 5.74) is -0.0959. The van der Waals surface area contributed by atoms with Crippen LogP contribution in [0.1, 0.15) is 45.2 Å². The minimum atomic E-state index is -4.51. The summed E-state index contributed by atoms with van der Waals surface area (Å²) >= 11 is 0. The number of carbonyl (C=O) groups is 2. The van der Waals surface area contributed by atoms with Crippen molar-refractivity contribution in [2.45, 2.75) is 63.9 Å². The van der Waals surface area contributed by atoms with Gasteiger partial charge in [-0.25, -0.2) is 9.18 Å². The van der Waals surface area contributed by atoms with Gasteiger partial charge in [0.05, 0.1) is 29.0 Å². The molecule has 0 saturated carbocycles. The second kappa shape index (κ2) is 8.14. The number of aromatic nitrogens is 3. The summed E-state index contributed by atoms with van der Waals surface area (Å²) in [5.74, 6) is -1.69. The SMILES string of the molecule is CC(C)(C)OC(=O)N1CC(c2nn(CC(=O)N3CCC[C@H]3C(F)(F)F)c3cncc(F)c23)C1. The van der Waals surface area contributed by atoms with Crippen molar-refractivity contribution in [1.29, 1.82) is 0 Å². The predicted octanol–water partition coefficient (Wildman–Crippen LogP) is 3.46. The molecule has 0 unspecified atom stereocenters. The lowest BCUT2D eigenvalue weighted by atomic mass is 9.94. The molecule has 0 N–H and O–H groups in total. The van der Waals surface area contributed by atoms with Gasteiger partial charge in [-0.3, -0.25) is 14.5 Å². The Morgan fingerprint density at radius 2 is 1.88 bits per heavy atom. The molecule has 2 aromatic rings. The highest BCUT2D eigenvalue weighted by Gasteiger charge is 2.47. The van der Waals surface area contributed by atoms with E-state index in [0.29, 0.717) is 5.69 Å². The Balaban J connectivity index is 1.55. The van der Waals surface area contributed by atoms with Gasteiger partial charge >= 0.3 is 12.3 Å². The van der Waals surface area contributed by atoms with Crippen LogP contribution in [0.15, 0.2) is 12.4 Å². The molecule has 0 spiro atoms. The number of likely N-dealkylation sites (tertiary alicyclic amines) is 2. The number of nitrogens with zero attached hydrogens (tertiary/aromatic N) is 5. The maximum Gasteiger partial charge on any atom is 0.410 e. The van der Waals surface area contributed by atoms with Crippen molar-refractivity contribution in [1.82, 2.24) is 24.6 Å². The summed E-state index contributed by atoms with van der Waals surface area (Å²) in [4.78, 5) is 31.0. The lowest BCUT2D eigenvalue weighted by Crippen LogP contribution is -2.50. The number of carbonyl (C=O) groups excluding carboxylic acids is 2. The Morgan fingerprint density at radius 3 is 2.52 bits per heavy atom. The fourth-order valence-electron chi connectivity index (χ4n) is 4.27. The van der Waals surface area contributed by atoms with Crippen molar-refractivity contribution in [2.24, 2.45) is 0 Å². The second-order valence-electron chi connectivity index (χ2n) is 9.43. The summed E-state index contributed by atoms with van der Waals surface area (Å²) in [7, 11) is 0. The van der Waals surface area contributed by atoms with Gasteiger partial charge in [0.15, 0.2) is 5.82 Å². The molecule has 2 aromatic heterocycles. The zero-order chi connectivity index (χ0) is 24.1. The Bertz CT molecular complexity index is 1070. The van der Waals surface area contributed by atoms with Crippen molar-refractivity contribution in [3.05, 3.63) is 23.9 Å². The van der Waals surface area contributed by atoms with Crippen molar-refractivity contribution in [2.75, 3.05) is 19.6 Å². The number of hydrogen-bond acceptors (Lipinski definition) is 5. The maximum atomic E-state index is 14.7. The van der Waals surface area contributed by atoms with E-state index in [-0.39, 0.29) is 49.3 Å². The molecular formula is C21H25F4N5O3. The van der Waals surface area contributed by atoms with Gasteiger partial charge < -0.3 is 14.5 Å². The van der Waals surface area contributed by atoms with Crippen LogP contribution in [0.3, 0.4) is 0 Å². The average molecular weight is 471 g/mol. The first-order valence-corrected chi connectivity index (χ1v) is 10.7. The molecule has 2 aliphatic heterocycles. The van der Waals surface area contributed by atoms with E-state index in [1.807, 2.05) is 0 Å². The van der Waals surface area contributed by atoms with Crippen molar-refractivity contribution in [3.63, 3.8) is 0 Å². The van der Waals surface area contributed by atoms with Gasteiger partial charge in [-0.05, 0) is 33.6 Å². The molecule has 0 bridgehead atoms. The number of amides is 2. The molecule has 12 heteroatoms. The van der Waals surface area contributed by atoms with Gasteiger partial charge in [0.1, 0.15) is 18.2 Å². The molecule has 0 radical (unpaired) electrons. The van der Waals surface area contributed by atoms with Gasteiger partial charge in [0.2, 0.25) is 5.91 Å². The number of pyridine rings is 1. The Morgan fingerprint density at radius 1 is 1.18 bits per heavy atom. The smallest absolute Gasteiger partial charge is 0.410 e. The van der Waals surface area contributed by atoms with Crippen LogP contribution in [0.2, 0.25) is 0 Å². The summed E-state index contributed by atoms with van der Waals surface area (Å²) in [5, 5.41) is 4.52. The third kappa shape index (κ3) is 4.60. The standard InChI is InChI=1S/C21H25F4N5O3/c1-20(2,3)33-19(32)28-9-12(10-28)18-17-13(22)7-26-8-14(17)30(27-18)11-16(31)29-6-4-5-15(29)21(23,24)25/h7-8,12,15H,4-6,9-11H2,1-3H3/t15-/m0/s1. The van der Waals surface area contributed by atoms with E-state index in [1.165, 1.54) is 15.8 Å². The molecule has 2 amide bonds. The highest BCUT2D eigenvalue weighted by Crippen LogP contribution is 2.35. The van der Waals surface area contributed by atoms with E-state index in [4.69, 9.17) is 4.74 Å². The van der Waals surface area contributed by atoms with Crippen LogP contribution in [0.5, 0.6) is 0 Å². The van der Waals surface area contributed by atoms with Gasteiger partial charge in [0, 0.05) is 25.6 Å². The van der Waals surface area contributed by atoms with Gasteiger partial charge in [0.25, 0.3) is 0 Å². The molecule has 4 rings (SSSR count). The molecule has 2 saturated heterocycles. The third-order valence-electron chi connectivity index (χ3n) is 5.80. The largest absolute Gasteiger partial charge is 0.444 e. The average Bonchev–Trinajstić information content (AvgIpc) is 3.25. The van der Waals surface area contributed by atoms with E-state index in [2.05, 4.69) is 10.1 Å². The number of hydrogen-bond donors (Lipinski definition) is 0. The molecule has 33 heavy (non-hydrogen) atoms. The van der Waals surface area contributed by atoms with Crippen LogP contribution in [0.25, 0.3) is 10.9 Å². The molecule has 8 nitrogen and oxygen atoms in total. The molecule has 2 aliphatic rings. The molecular weight excluding hydrogens is 446 g/mol. The minimum Gasteiger partial charge on any atom is -0.444 e. The molecule has 2 fully saturated rings. The first-order valence-electron chi connectivity index (χ1n) is 10.7. The zero-order valence-corrected chi connectivity index (χ0v) is 18.5. The molecule has 4 heterocycles. The molecule has 0 aromatic carbocycles.